The molecule has 1 N–H and O–H groups in total. The monoisotopic (exact) mass is 363 g/mol. The van der Waals surface area contributed by atoms with Gasteiger partial charge in [-0.15, -0.1) is 0 Å². The highest BCUT2D eigenvalue weighted by atomic mass is 19.4. The van der Waals surface area contributed by atoms with Crippen LogP contribution in [-0.2, 0) is 10.9 Å². The van der Waals surface area contributed by atoms with Crippen LogP contribution in [0.3, 0.4) is 0 Å². The molecule has 3 aromatic rings. The lowest BCUT2D eigenvalue weighted by atomic mass is 10.00. The lowest BCUT2D eigenvalue weighted by Gasteiger charge is -2.09. The predicted octanol–water partition coefficient (Wildman–Crippen LogP) is 5.04. The van der Waals surface area contributed by atoms with Gasteiger partial charge in [0.2, 0.25) is 0 Å². The molecule has 26 heavy (non-hydrogen) atoms. The minimum absolute atomic E-state index is 0.184. The van der Waals surface area contributed by atoms with Gasteiger partial charge in [0, 0.05) is 17.0 Å². The zero-order valence-electron chi connectivity index (χ0n) is 14.1. The summed E-state index contributed by atoms with van der Waals surface area (Å²) in [6.07, 6.45) is -4.42. The number of esters is 1. The summed E-state index contributed by atoms with van der Waals surface area (Å²) < 4.78 is 48.7. The van der Waals surface area contributed by atoms with Gasteiger partial charge >= 0.3 is 12.1 Å². The van der Waals surface area contributed by atoms with E-state index >= 15 is 0 Å². The standard InChI is InChI=1S/C19H16F3NO3/c1-3-26-18(24)17-16(11-4-6-12(7-5-11)19(20,21)22)14-9-8-13(25-2)10-15(14)23-17/h4-10,23H,3H2,1-2H3. The zero-order chi connectivity index (χ0) is 18.9. The number of hydrogen-bond acceptors (Lipinski definition) is 3. The maximum absolute atomic E-state index is 12.8. The van der Waals surface area contributed by atoms with E-state index in [1.54, 1.807) is 25.1 Å². The van der Waals surface area contributed by atoms with Crippen LogP contribution in [0.25, 0.3) is 22.0 Å². The van der Waals surface area contributed by atoms with E-state index in [9.17, 15) is 18.0 Å². The summed E-state index contributed by atoms with van der Waals surface area (Å²) in [5.74, 6) is 0.0192. The highest BCUT2D eigenvalue weighted by molar-refractivity contribution is 6.08. The van der Waals surface area contributed by atoms with Gasteiger partial charge in [0.15, 0.2) is 0 Å². The second kappa shape index (κ2) is 6.74. The molecule has 136 valence electrons. The largest absolute Gasteiger partial charge is 0.497 e. The molecule has 2 aromatic carbocycles. The first-order valence-corrected chi connectivity index (χ1v) is 7.89. The van der Waals surface area contributed by atoms with E-state index in [2.05, 4.69) is 4.98 Å². The van der Waals surface area contributed by atoms with Crippen LogP contribution in [0, 0.1) is 0 Å². The lowest BCUT2D eigenvalue weighted by Crippen LogP contribution is -2.07. The van der Waals surface area contributed by atoms with Gasteiger partial charge in [-0.25, -0.2) is 4.79 Å². The van der Waals surface area contributed by atoms with Gasteiger partial charge in [0.1, 0.15) is 11.4 Å². The van der Waals surface area contributed by atoms with Crippen molar-refractivity contribution in [3.8, 4) is 16.9 Å². The van der Waals surface area contributed by atoms with Gasteiger partial charge in [-0.05, 0) is 36.8 Å². The molecule has 4 nitrogen and oxygen atoms in total. The molecule has 0 spiro atoms. The molecule has 7 heteroatoms. The Kier molecular flexibility index (Phi) is 4.63. The minimum atomic E-state index is -4.42. The SMILES string of the molecule is CCOC(=O)c1[nH]c2cc(OC)ccc2c1-c1ccc(C(F)(F)F)cc1. The van der Waals surface area contributed by atoms with Crippen molar-refractivity contribution in [1.29, 1.82) is 0 Å². The Morgan fingerprint density at radius 2 is 1.81 bits per heavy atom. The summed E-state index contributed by atoms with van der Waals surface area (Å²) in [6.45, 7) is 1.87. The predicted molar refractivity (Wildman–Crippen MR) is 91.2 cm³/mol. The smallest absolute Gasteiger partial charge is 0.416 e. The number of carbonyl (C=O) groups excluding carboxylic acids is 1. The normalized spacial score (nSPS) is 11.6. The van der Waals surface area contributed by atoms with E-state index in [-0.39, 0.29) is 12.3 Å². The van der Waals surface area contributed by atoms with Gasteiger partial charge in [0.25, 0.3) is 0 Å². The van der Waals surface area contributed by atoms with E-state index in [1.807, 2.05) is 0 Å². The Morgan fingerprint density at radius 1 is 1.12 bits per heavy atom. The van der Waals surface area contributed by atoms with Gasteiger partial charge < -0.3 is 14.5 Å². The molecular formula is C19H16F3NO3. The lowest BCUT2D eigenvalue weighted by molar-refractivity contribution is -0.137. The first kappa shape index (κ1) is 17.8. The molecule has 0 aliphatic rings. The average Bonchev–Trinajstić information content (AvgIpc) is 3.00. The molecule has 0 aliphatic heterocycles. The number of carbonyl (C=O) groups is 1. The number of ether oxygens (including phenoxy) is 2. The Bertz CT molecular complexity index is 943. The molecular weight excluding hydrogens is 347 g/mol. The van der Waals surface area contributed by atoms with E-state index in [0.717, 1.165) is 12.1 Å². The minimum Gasteiger partial charge on any atom is -0.497 e. The van der Waals surface area contributed by atoms with E-state index in [0.29, 0.717) is 27.8 Å². The third kappa shape index (κ3) is 3.24. The molecule has 0 bridgehead atoms. The van der Waals surface area contributed by atoms with Gasteiger partial charge in [-0.3, -0.25) is 0 Å². The summed E-state index contributed by atoms with van der Waals surface area (Å²) >= 11 is 0. The quantitative estimate of drug-likeness (QED) is 0.661. The number of fused-ring (bicyclic) bond motifs is 1. The molecule has 1 heterocycles. The van der Waals surface area contributed by atoms with Crippen molar-refractivity contribution in [3.63, 3.8) is 0 Å². The maximum Gasteiger partial charge on any atom is 0.416 e. The number of methoxy groups -OCH3 is 1. The first-order chi connectivity index (χ1) is 12.3. The van der Waals surface area contributed by atoms with E-state index in [1.165, 1.54) is 19.2 Å². The van der Waals surface area contributed by atoms with Crippen LogP contribution < -0.4 is 4.74 Å². The summed E-state index contributed by atoms with van der Waals surface area (Å²) in [5, 5.41) is 0.689. The van der Waals surface area contributed by atoms with Crippen LogP contribution in [0.2, 0.25) is 0 Å². The van der Waals surface area contributed by atoms with E-state index in [4.69, 9.17) is 9.47 Å². The van der Waals surface area contributed by atoms with Crippen LogP contribution in [0.5, 0.6) is 5.75 Å². The number of rotatable bonds is 4. The number of aromatic nitrogens is 1. The molecule has 3 rings (SSSR count). The molecule has 0 radical (unpaired) electrons. The molecule has 0 atom stereocenters. The number of H-pyrrole nitrogens is 1. The van der Waals surface area contributed by atoms with Crippen molar-refractivity contribution in [2.45, 2.75) is 13.1 Å². The molecule has 0 amide bonds. The van der Waals surface area contributed by atoms with Crippen LogP contribution >= 0.6 is 0 Å². The van der Waals surface area contributed by atoms with Gasteiger partial charge in [0.05, 0.1) is 24.8 Å². The molecule has 1 aromatic heterocycles. The fourth-order valence-corrected chi connectivity index (χ4v) is 2.79. The number of aromatic amines is 1. The number of benzene rings is 2. The van der Waals surface area contributed by atoms with Crippen molar-refractivity contribution in [3.05, 3.63) is 53.7 Å². The van der Waals surface area contributed by atoms with Gasteiger partial charge in [-0.1, -0.05) is 12.1 Å². The summed E-state index contributed by atoms with van der Waals surface area (Å²) in [7, 11) is 1.52. The van der Waals surface area contributed by atoms with Crippen LogP contribution in [0.4, 0.5) is 13.2 Å². The zero-order valence-corrected chi connectivity index (χ0v) is 14.1. The average molecular weight is 363 g/mol. The van der Waals surface area contributed by atoms with E-state index < -0.39 is 17.7 Å². The topological polar surface area (TPSA) is 51.3 Å². The summed E-state index contributed by atoms with van der Waals surface area (Å²) in [6, 6.07) is 9.86. The fraction of sp³-hybridized carbons (Fsp3) is 0.211. The second-order valence-corrected chi connectivity index (χ2v) is 5.58. The van der Waals surface area contributed by atoms with Crippen LogP contribution in [-0.4, -0.2) is 24.7 Å². The number of nitrogens with one attached hydrogen (secondary N) is 1. The van der Waals surface area contributed by atoms with Crippen molar-refractivity contribution in [1.82, 2.24) is 4.98 Å². The Hall–Kier alpha value is -2.96. The van der Waals surface area contributed by atoms with Gasteiger partial charge in [-0.2, -0.15) is 13.2 Å². The second-order valence-electron chi connectivity index (χ2n) is 5.58. The summed E-state index contributed by atoms with van der Waals surface area (Å²) in [4.78, 5) is 15.3. The molecule has 0 saturated heterocycles. The highest BCUT2D eigenvalue weighted by Gasteiger charge is 2.30. The summed E-state index contributed by atoms with van der Waals surface area (Å²) in [5.41, 5.74) is 1.05. The molecule has 0 fully saturated rings. The first-order valence-electron chi connectivity index (χ1n) is 7.89. The third-order valence-corrected chi connectivity index (χ3v) is 3.99. The fourth-order valence-electron chi connectivity index (χ4n) is 2.79. The third-order valence-electron chi connectivity index (χ3n) is 3.99. The Labute approximate surface area is 147 Å². The Morgan fingerprint density at radius 3 is 2.38 bits per heavy atom. The van der Waals surface area contributed by atoms with Crippen molar-refractivity contribution < 1.29 is 27.4 Å². The van der Waals surface area contributed by atoms with Crippen LogP contribution in [0.15, 0.2) is 42.5 Å². The number of halogens is 3. The number of alkyl halides is 3. The Balaban J connectivity index is 2.19. The van der Waals surface area contributed by atoms with Crippen LogP contribution in [0.1, 0.15) is 23.0 Å². The maximum atomic E-state index is 12.8. The highest BCUT2D eigenvalue weighted by Crippen LogP contribution is 2.36. The van der Waals surface area contributed by atoms with Crippen molar-refractivity contribution in [2.75, 3.05) is 13.7 Å². The van der Waals surface area contributed by atoms with Crippen molar-refractivity contribution in [2.24, 2.45) is 0 Å². The number of hydrogen-bond donors (Lipinski definition) is 1. The molecule has 0 saturated carbocycles. The molecule has 0 unspecified atom stereocenters. The molecule has 0 aliphatic carbocycles. The van der Waals surface area contributed by atoms with Crippen molar-refractivity contribution >= 4 is 16.9 Å².